The van der Waals surface area contributed by atoms with Crippen LogP contribution < -0.4 is 5.73 Å². The van der Waals surface area contributed by atoms with Gasteiger partial charge >= 0.3 is 5.97 Å². The SMILES string of the molecule is COC(=O)CS(=O)(=O)N1CCCCC1C(C)N. The van der Waals surface area contributed by atoms with Gasteiger partial charge in [0.2, 0.25) is 10.0 Å². The highest BCUT2D eigenvalue weighted by molar-refractivity contribution is 7.89. The largest absolute Gasteiger partial charge is 0.468 e. The molecule has 6 nitrogen and oxygen atoms in total. The summed E-state index contributed by atoms with van der Waals surface area (Å²) in [6.45, 7) is 2.22. The van der Waals surface area contributed by atoms with Crippen molar-refractivity contribution in [2.24, 2.45) is 5.73 Å². The first-order chi connectivity index (χ1) is 7.88. The molecule has 1 fully saturated rings. The van der Waals surface area contributed by atoms with Gasteiger partial charge < -0.3 is 10.5 Å². The highest BCUT2D eigenvalue weighted by Gasteiger charge is 2.35. The van der Waals surface area contributed by atoms with Crippen molar-refractivity contribution in [3.05, 3.63) is 0 Å². The van der Waals surface area contributed by atoms with E-state index >= 15 is 0 Å². The van der Waals surface area contributed by atoms with Crippen LogP contribution in [0.15, 0.2) is 0 Å². The number of sulfonamides is 1. The van der Waals surface area contributed by atoms with Crippen molar-refractivity contribution in [2.45, 2.75) is 38.3 Å². The van der Waals surface area contributed by atoms with E-state index in [1.54, 1.807) is 6.92 Å². The van der Waals surface area contributed by atoms with Gasteiger partial charge in [0.05, 0.1) is 7.11 Å². The van der Waals surface area contributed by atoms with Crippen LogP contribution in [0.4, 0.5) is 0 Å². The van der Waals surface area contributed by atoms with Crippen LogP contribution in [-0.4, -0.2) is 50.2 Å². The minimum Gasteiger partial charge on any atom is -0.468 e. The van der Waals surface area contributed by atoms with Gasteiger partial charge in [0.25, 0.3) is 0 Å². The second kappa shape index (κ2) is 5.79. The molecule has 2 unspecified atom stereocenters. The predicted octanol–water partition coefficient (Wildman–Crippen LogP) is -0.309. The van der Waals surface area contributed by atoms with E-state index in [0.29, 0.717) is 6.54 Å². The van der Waals surface area contributed by atoms with Crippen molar-refractivity contribution >= 4 is 16.0 Å². The molecular weight excluding hydrogens is 244 g/mol. The maximum Gasteiger partial charge on any atom is 0.322 e. The van der Waals surface area contributed by atoms with E-state index in [4.69, 9.17) is 5.73 Å². The molecule has 2 N–H and O–H groups in total. The lowest BCUT2D eigenvalue weighted by atomic mass is 10.00. The van der Waals surface area contributed by atoms with Crippen molar-refractivity contribution < 1.29 is 17.9 Å². The molecule has 1 aliphatic heterocycles. The van der Waals surface area contributed by atoms with Gasteiger partial charge in [-0.25, -0.2) is 8.42 Å². The van der Waals surface area contributed by atoms with Gasteiger partial charge in [0.15, 0.2) is 5.75 Å². The molecule has 7 heteroatoms. The zero-order valence-corrected chi connectivity index (χ0v) is 11.1. The van der Waals surface area contributed by atoms with E-state index in [1.165, 1.54) is 11.4 Å². The molecule has 0 aliphatic carbocycles. The standard InChI is InChI=1S/C10H20N2O4S/c1-8(11)9-5-3-4-6-12(9)17(14,15)7-10(13)16-2/h8-9H,3-7,11H2,1-2H3. The van der Waals surface area contributed by atoms with Crippen LogP contribution in [0.2, 0.25) is 0 Å². The third-order valence-corrected chi connectivity index (χ3v) is 4.76. The number of hydrogen-bond acceptors (Lipinski definition) is 5. The Balaban J connectivity index is 2.83. The Labute approximate surface area is 102 Å². The molecule has 0 aromatic rings. The number of hydrogen-bond donors (Lipinski definition) is 1. The van der Waals surface area contributed by atoms with Crippen molar-refractivity contribution in [2.75, 3.05) is 19.4 Å². The van der Waals surface area contributed by atoms with E-state index < -0.39 is 21.7 Å². The van der Waals surface area contributed by atoms with E-state index in [1.807, 2.05) is 0 Å². The van der Waals surface area contributed by atoms with Crippen LogP contribution in [0.25, 0.3) is 0 Å². The quantitative estimate of drug-likeness (QED) is 0.704. The molecule has 1 heterocycles. The average Bonchev–Trinajstić information content (AvgIpc) is 2.28. The highest BCUT2D eigenvalue weighted by Crippen LogP contribution is 2.22. The lowest BCUT2D eigenvalue weighted by Crippen LogP contribution is -2.52. The number of methoxy groups -OCH3 is 1. The lowest BCUT2D eigenvalue weighted by Gasteiger charge is -2.36. The zero-order valence-electron chi connectivity index (χ0n) is 10.3. The molecule has 0 bridgehead atoms. The normalized spacial score (nSPS) is 24.3. The number of ether oxygens (including phenoxy) is 1. The molecule has 100 valence electrons. The Hall–Kier alpha value is -0.660. The molecule has 1 saturated heterocycles. The second-order valence-corrected chi connectivity index (χ2v) is 6.29. The second-order valence-electron chi connectivity index (χ2n) is 4.37. The van der Waals surface area contributed by atoms with E-state index in [2.05, 4.69) is 4.74 Å². The Bertz CT molecular complexity index is 367. The van der Waals surface area contributed by atoms with Gasteiger partial charge in [-0.15, -0.1) is 0 Å². The fraction of sp³-hybridized carbons (Fsp3) is 0.900. The summed E-state index contributed by atoms with van der Waals surface area (Å²) in [5, 5.41) is 0. The predicted molar refractivity (Wildman–Crippen MR) is 63.8 cm³/mol. The molecule has 1 aliphatic rings. The van der Waals surface area contributed by atoms with Crippen molar-refractivity contribution in [1.82, 2.24) is 4.31 Å². The van der Waals surface area contributed by atoms with Crippen LogP contribution in [-0.2, 0) is 19.6 Å². The first-order valence-corrected chi connectivity index (χ1v) is 7.31. The molecule has 0 saturated carbocycles. The number of rotatable bonds is 4. The van der Waals surface area contributed by atoms with E-state index in [9.17, 15) is 13.2 Å². The van der Waals surface area contributed by atoms with Crippen molar-refractivity contribution in [3.63, 3.8) is 0 Å². The van der Waals surface area contributed by atoms with Crippen molar-refractivity contribution in [1.29, 1.82) is 0 Å². The summed E-state index contributed by atoms with van der Waals surface area (Å²) in [4.78, 5) is 11.1. The van der Waals surface area contributed by atoms with Crippen LogP contribution in [0.1, 0.15) is 26.2 Å². The molecule has 1 rings (SSSR count). The summed E-state index contributed by atoms with van der Waals surface area (Å²) in [6, 6.07) is -0.443. The molecule has 17 heavy (non-hydrogen) atoms. The molecule has 0 aromatic carbocycles. The molecule has 0 amide bonds. The Morgan fingerprint density at radius 1 is 1.53 bits per heavy atom. The number of esters is 1. The fourth-order valence-corrected chi connectivity index (χ4v) is 3.79. The zero-order chi connectivity index (χ0) is 13.1. The Kier molecular flexibility index (Phi) is 4.91. The lowest BCUT2D eigenvalue weighted by molar-refractivity contribution is -0.137. The Morgan fingerprint density at radius 3 is 2.71 bits per heavy atom. The smallest absolute Gasteiger partial charge is 0.322 e. The maximum absolute atomic E-state index is 12.0. The van der Waals surface area contributed by atoms with Crippen LogP contribution >= 0.6 is 0 Å². The summed E-state index contributed by atoms with van der Waals surface area (Å²) in [6.07, 6.45) is 2.53. The third kappa shape index (κ3) is 3.65. The van der Waals surface area contributed by atoms with Crippen LogP contribution in [0.5, 0.6) is 0 Å². The van der Waals surface area contributed by atoms with Crippen molar-refractivity contribution in [3.8, 4) is 0 Å². The minimum atomic E-state index is -3.61. The summed E-state index contributed by atoms with van der Waals surface area (Å²) in [7, 11) is -2.43. The summed E-state index contributed by atoms with van der Waals surface area (Å²) in [5.74, 6) is -1.34. The molecule has 0 aromatic heterocycles. The topological polar surface area (TPSA) is 89.7 Å². The number of nitrogens with two attached hydrogens (primary N) is 1. The van der Waals surface area contributed by atoms with Gasteiger partial charge in [0.1, 0.15) is 0 Å². The first-order valence-electron chi connectivity index (χ1n) is 5.70. The van der Waals surface area contributed by atoms with E-state index in [0.717, 1.165) is 19.3 Å². The van der Waals surface area contributed by atoms with Gasteiger partial charge in [-0.3, -0.25) is 4.79 Å². The van der Waals surface area contributed by atoms with Gasteiger partial charge in [-0.1, -0.05) is 6.42 Å². The number of piperidine rings is 1. The summed E-state index contributed by atoms with van der Waals surface area (Å²) in [5.41, 5.74) is 5.80. The number of nitrogens with zero attached hydrogens (tertiary/aromatic N) is 1. The number of carbonyl (C=O) groups excluding carboxylic acids is 1. The molecule has 0 spiro atoms. The summed E-state index contributed by atoms with van der Waals surface area (Å²) < 4.78 is 29.8. The average molecular weight is 264 g/mol. The molecular formula is C10H20N2O4S. The van der Waals surface area contributed by atoms with E-state index in [-0.39, 0.29) is 12.1 Å². The molecule has 0 radical (unpaired) electrons. The van der Waals surface area contributed by atoms with Gasteiger partial charge in [-0.05, 0) is 19.8 Å². The van der Waals surface area contributed by atoms with Gasteiger partial charge in [-0.2, -0.15) is 4.31 Å². The van der Waals surface area contributed by atoms with Gasteiger partial charge in [0, 0.05) is 18.6 Å². The highest BCUT2D eigenvalue weighted by atomic mass is 32.2. The van der Waals surface area contributed by atoms with Crippen LogP contribution in [0.3, 0.4) is 0 Å². The minimum absolute atomic E-state index is 0.210. The third-order valence-electron chi connectivity index (χ3n) is 2.99. The monoisotopic (exact) mass is 264 g/mol. The number of carbonyl (C=O) groups is 1. The first kappa shape index (κ1) is 14.4. The summed E-state index contributed by atoms with van der Waals surface area (Å²) >= 11 is 0. The fourth-order valence-electron chi connectivity index (χ4n) is 2.09. The Morgan fingerprint density at radius 2 is 2.18 bits per heavy atom. The van der Waals surface area contributed by atoms with Crippen LogP contribution in [0, 0.1) is 0 Å². The molecule has 2 atom stereocenters. The maximum atomic E-state index is 12.0.